The van der Waals surface area contributed by atoms with Gasteiger partial charge in [-0.15, -0.1) is 0 Å². The number of ether oxygens (including phenoxy) is 1. The molecule has 2 N–H and O–H groups in total. The Bertz CT molecular complexity index is 265. The van der Waals surface area contributed by atoms with E-state index in [4.69, 9.17) is 9.84 Å². The second kappa shape index (κ2) is 5.06. The second-order valence-electron chi connectivity index (χ2n) is 3.60. The zero-order chi connectivity index (χ0) is 10.6. The number of aliphatic hydroxyl groups is 1. The largest absolute Gasteiger partial charge is 0.395 e. The minimum atomic E-state index is -2.85. The van der Waals surface area contributed by atoms with Gasteiger partial charge in [0, 0.05) is 13.2 Å². The van der Waals surface area contributed by atoms with E-state index >= 15 is 0 Å². The molecule has 0 aromatic heterocycles. The predicted octanol–water partition coefficient (Wildman–Crippen LogP) is -1.23. The molecule has 0 radical (unpaired) electrons. The van der Waals surface area contributed by atoms with E-state index in [1.165, 1.54) is 0 Å². The molecule has 0 bridgehead atoms. The fourth-order valence-corrected chi connectivity index (χ4v) is 3.30. The molecule has 1 fully saturated rings. The van der Waals surface area contributed by atoms with E-state index in [9.17, 15) is 8.42 Å². The Kier molecular flexibility index (Phi) is 4.31. The molecule has 0 aromatic carbocycles. The molecule has 0 aromatic rings. The average molecular weight is 223 g/mol. The maximum Gasteiger partial charge on any atom is 0.151 e. The van der Waals surface area contributed by atoms with Crippen LogP contribution in [0.3, 0.4) is 0 Å². The lowest BCUT2D eigenvalue weighted by Gasteiger charge is -2.19. The van der Waals surface area contributed by atoms with Gasteiger partial charge in [0.05, 0.1) is 30.8 Å². The van der Waals surface area contributed by atoms with Crippen LogP contribution in [0.5, 0.6) is 0 Å². The maximum absolute atomic E-state index is 11.1. The lowest BCUT2D eigenvalue weighted by molar-refractivity contribution is 0.124. The highest BCUT2D eigenvalue weighted by atomic mass is 32.2. The zero-order valence-corrected chi connectivity index (χ0v) is 9.09. The molecular formula is C8H17NO4S. The lowest BCUT2D eigenvalue weighted by Crippen LogP contribution is -2.43. The van der Waals surface area contributed by atoms with Gasteiger partial charge in [-0.3, -0.25) is 0 Å². The molecule has 1 saturated heterocycles. The molecule has 1 aliphatic rings. The van der Waals surface area contributed by atoms with Crippen LogP contribution in [0.4, 0.5) is 0 Å². The molecule has 6 heteroatoms. The first-order valence-electron chi connectivity index (χ1n) is 4.63. The van der Waals surface area contributed by atoms with Crippen LogP contribution in [0.15, 0.2) is 0 Å². The van der Waals surface area contributed by atoms with Crippen LogP contribution in [0.2, 0.25) is 0 Å². The van der Waals surface area contributed by atoms with E-state index in [0.717, 1.165) is 0 Å². The SMILES string of the molecule is COCC(CO)NC1CCS(=O)(=O)C1. The molecular weight excluding hydrogens is 206 g/mol. The Morgan fingerprint density at radius 3 is 2.79 bits per heavy atom. The Balaban J connectivity index is 2.37. The minimum absolute atomic E-state index is 0.0349. The fourth-order valence-electron chi connectivity index (χ4n) is 1.61. The molecule has 2 unspecified atom stereocenters. The Labute approximate surface area is 84.4 Å². The molecule has 1 aliphatic heterocycles. The van der Waals surface area contributed by atoms with Crippen molar-refractivity contribution >= 4 is 9.84 Å². The molecule has 2 atom stereocenters. The maximum atomic E-state index is 11.1. The molecule has 5 nitrogen and oxygen atoms in total. The summed E-state index contributed by atoms with van der Waals surface area (Å²) in [5.74, 6) is 0.420. The molecule has 0 amide bonds. The first kappa shape index (κ1) is 11.9. The first-order chi connectivity index (χ1) is 6.57. The summed E-state index contributed by atoms with van der Waals surface area (Å²) in [6, 6.07) is -0.203. The highest BCUT2D eigenvalue weighted by molar-refractivity contribution is 7.91. The van der Waals surface area contributed by atoms with Gasteiger partial charge >= 0.3 is 0 Å². The Morgan fingerprint density at radius 1 is 1.64 bits per heavy atom. The molecule has 1 rings (SSSR count). The van der Waals surface area contributed by atoms with E-state index in [-0.39, 0.29) is 30.2 Å². The number of hydrogen-bond acceptors (Lipinski definition) is 5. The lowest BCUT2D eigenvalue weighted by atomic mass is 10.2. The van der Waals surface area contributed by atoms with Crippen LogP contribution >= 0.6 is 0 Å². The Morgan fingerprint density at radius 2 is 2.36 bits per heavy atom. The van der Waals surface area contributed by atoms with E-state index in [2.05, 4.69) is 5.32 Å². The topological polar surface area (TPSA) is 75.6 Å². The normalized spacial score (nSPS) is 27.7. The van der Waals surface area contributed by atoms with Crippen molar-refractivity contribution < 1.29 is 18.3 Å². The summed E-state index contributed by atoms with van der Waals surface area (Å²) in [5.41, 5.74) is 0. The molecule has 0 saturated carbocycles. The summed E-state index contributed by atoms with van der Waals surface area (Å²) in [6.45, 7) is 0.359. The van der Waals surface area contributed by atoms with Gasteiger partial charge in [-0.2, -0.15) is 0 Å². The van der Waals surface area contributed by atoms with Crippen LogP contribution in [0.25, 0.3) is 0 Å². The highest BCUT2D eigenvalue weighted by Crippen LogP contribution is 2.11. The summed E-state index contributed by atoms with van der Waals surface area (Å²) in [4.78, 5) is 0. The summed E-state index contributed by atoms with van der Waals surface area (Å²) in [6.07, 6.45) is 0.628. The predicted molar refractivity (Wildman–Crippen MR) is 52.9 cm³/mol. The van der Waals surface area contributed by atoms with Gasteiger partial charge in [-0.25, -0.2) is 8.42 Å². The Hall–Kier alpha value is -0.170. The van der Waals surface area contributed by atoms with Crippen molar-refractivity contribution in [1.82, 2.24) is 5.32 Å². The second-order valence-corrected chi connectivity index (χ2v) is 5.83. The third kappa shape index (κ3) is 3.53. The van der Waals surface area contributed by atoms with Gasteiger partial charge in [0.25, 0.3) is 0 Å². The number of hydrogen-bond donors (Lipinski definition) is 2. The summed E-state index contributed by atoms with van der Waals surface area (Å²) < 4.78 is 27.2. The van der Waals surface area contributed by atoms with E-state index in [1.807, 2.05) is 0 Å². The van der Waals surface area contributed by atoms with Crippen molar-refractivity contribution in [3.05, 3.63) is 0 Å². The summed E-state index contributed by atoms with van der Waals surface area (Å²) >= 11 is 0. The number of methoxy groups -OCH3 is 1. The van der Waals surface area contributed by atoms with Gasteiger partial charge < -0.3 is 15.2 Å². The monoisotopic (exact) mass is 223 g/mol. The molecule has 1 heterocycles. The first-order valence-corrected chi connectivity index (χ1v) is 6.46. The van der Waals surface area contributed by atoms with Crippen molar-refractivity contribution in [2.24, 2.45) is 0 Å². The van der Waals surface area contributed by atoms with Gasteiger partial charge in [0.1, 0.15) is 0 Å². The number of aliphatic hydroxyl groups excluding tert-OH is 1. The van der Waals surface area contributed by atoms with Crippen molar-refractivity contribution in [1.29, 1.82) is 0 Å². The molecule has 14 heavy (non-hydrogen) atoms. The van der Waals surface area contributed by atoms with Gasteiger partial charge in [-0.05, 0) is 6.42 Å². The quantitative estimate of drug-likeness (QED) is 0.610. The fraction of sp³-hybridized carbons (Fsp3) is 1.00. The minimum Gasteiger partial charge on any atom is -0.395 e. The number of rotatable bonds is 5. The van der Waals surface area contributed by atoms with E-state index in [0.29, 0.717) is 13.0 Å². The zero-order valence-electron chi connectivity index (χ0n) is 8.27. The number of nitrogens with one attached hydrogen (secondary N) is 1. The van der Waals surface area contributed by atoms with Crippen molar-refractivity contribution in [3.8, 4) is 0 Å². The highest BCUT2D eigenvalue weighted by Gasteiger charge is 2.28. The van der Waals surface area contributed by atoms with Crippen LogP contribution < -0.4 is 5.32 Å². The van der Waals surface area contributed by atoms with Crippen LogP contribution in [0, 0.1) is 0 Å². The number of sulfone groups is 1. The molecule has 0 aliphatic carbocycles. The van der Waals surface area contributed by atoms with Crippen LogP contribution in [0.1, 0.15) is 6.42 Å². The molecule has 0 spiro atoms. The van der Waals surface area contributed by atoms with Gasteiger partial charge in [-0.1, -0.05) is 0 Å². The van der Waals surface area contributed by atoms with E-state index in [1.54, 1.807) is 7.11 Å². The average Bonchev–Trinajstić information content (AvgIpc) is 2.45. The van der Waals surface area contributed by atoms with E-state index < -0.39 is 9.84 Å². The van der Waals surface area contributed by atoms with Crippen LogP contribution in [-0.4, -0.2) is 57.4 Å². The standard InChI is InChI=1S/C8H17NO4S/c1-13-5-8(4-10)9-7-2-3-14(11,12)6-7/h7-10H,2-6H2,1H3. The molecule has 84 valence electrons. The van der Waals surface area contributed by atoms with Crippen molar-refractivity contribution in [2.75, 3.05) is 31.8 Å². The summed E-state index contributed by atoms with van der Waals surface area (Å²) in [5, 5.41) is 12.0. The van der Waals surface area contributed by atoms with Crippen molar-refractivity contribution in [2.45, 2.75) is 18.5 Å². The third-order valence-corrected chi connectivity index (χ3v) is 4.06. The third-order valence-electron chi connectivity index (χ3n) is 2.29. The van der Waals surface area contributed by atoms with Crippen molar-refractivity contribution in [3.63, 3.8) is 0 Å². The van der Waals surface area contributed by atoms with Gasteiger partial charge in [0.15, 0.2) is 9.84 Å². The van der Waals surface area contributed by atoms with Gasteiger partial charge in [0.2, 0.25) is 0 Å². The summed E-state index contributed by atoms with van der Waals surface area (Å²) in [7, 11) is -1.30. The van der Waals surface area contributed by atoms with Crippen LogP contribution in [-0.2, 0) is 14.6 Å². The smallest absolute Gasteiger partial charge is 0.151 e.